The summed E-state index contributed by atoms with van der Waals surface area (Å²) < 4.78 is 21.9. The topological polar surface area (TPSA) is 57.2 Å². The summed E-state index contributed by atoms with van der Waals surface area (Å²) in [6, 6.07) is 13.3. The van der Waals surface area contributed by atoms with Gasteiger partial charge in [-0.1, -0.05) is 30.3 Å². The molecule has 0 aromatic heterocycles. The molecule has 0 N–H and O–H groups in total. The van der Waals surface area contributed by atoms with E-state index >= 15 is 0 Å². The van der Waals surface area contributed by atoms with Crippen molar-refractivity contribution in [2.45, 2.75) is 6.10 Å². The number of methoxy groups -OCH3 is 3. The largest absolute Gasteiger partial charge is 0.493 e. The van der Waals surface area contributed by atoms with Gasteiger partial charge in [0.1, 0.15) is 6.10 Å². The van der Waals surface area contributed by atoms with Gasteiger partial charge < -0.3 is 23.8 Å². The first kappa shape index (κ1) is 18.1. The van der Waals surface area contributed by atoms with E-state index in [0.717, 1.165) is 5.56 Å². The molecule has 0 aliphatic carbocycles. The van der Waals surface area contributed by atoms with Crippen LogP contribution in [0.2, 0.25) is 0 Å². The van der Waals surface area contributed by atoms with Crippen molar-refractivity contribution in [2.24, 2.45) is 0 Å². The van der Waals surface area contributed by atoms with Gasteiger partial charge >= 0.3 is 0 Å². The molecule has 1 unspecified atom stereocenters. The molecule has 0 saturated carbocycles. The smallest absolute Gasteiger partial charge is 0.254 e. The third-order valence-electron chi connectivity index (χ3n) is 4.44. The minimum Gasteiger partial charge on any atom is -0.493 e. The number of rotatable bonds is 5. The average Bonchev–Trinajstić information content (AvgIpc) is 2.72. The van der Waals surface area contributed by atoms with E-state index in [1.54, 1.807) is 17.0 Å². The van der Waals surface area contributed by atoms with E-state index in [4.69, 9.17) is 18.9 Å². The van der Waals surface area contributed by atoms with Crippen LogP contribution in [-0.4, -0.2) is 51.8 Å². The van der Waals surface area contributed by atoms with E-state index in [-0.39, 0.29) is 12.0 Å². The number of carbonyl (C=O) groups excluding carboxylic acids is 1. The summed E-state index contributed by atoms with van der Waals surface area (Å²) in [4.78, 5) is 14.8. The molecule has 1 aliphatic heterocycles. The molecule has 26 heavy (non-hydrogen) atoms. The van der Waals surface area contributed by atoms with Crippen LogP contribution in [0.3, 0.4) is 0 Å². The third-order valence-corrected chi connectivity index (χ3v) is 4.44. The van der Waals surface area contributed by atoms with Gasteiger partial charge in [-0.2, -0.15) is 0 Å². The summed E-state index contributed by atoms with van der Waals surface area (Å²) in [6.07, 6.45) is -0.129. The molecule has 1 atom stereocenters. The fourth-order valence-electron chi connectivity index (χ4n) is 3.09. The molecule has 0 bridgehead atoms. The fraction of sp³-hybridized carbons (Fsp3) is 0.350. The van der Waals surface area contributed by atoms with Crippen LogP contribution in [0.15, 0.2) is 42.5 Å². The van der Waals surface area contributed by atoms with Crippen LogP contribution >= 0.6 is 0 Å². The normalized spacial score (nSPS) is 16.9. The molecule has 2 aromatic carbocycles. The van der Waals surface area contributed by atoms with E-state index in [9.17, 15) is 4.79 Å². The maximum atomic E-state index is 13.0. The summed E-state index contributed by atoms with van der Waals surface area (Å²) >= 11 is 0. The molecule has 1 fully saturated rings. The third kappa shape index (κ3) is 3.60. The van der Waals surface area contributed by atoms with Crippen LogP contribution in [0.25, 0.3) is 0 Å². The lowest BCUT2D eigenvalue weighted by atomic mass is 10.1. The van der Waals surface area contributed by atoms with Crippen LogP contribution in [0.1, 0.15) is 22.0 Å². The van der Waals surface area contributed by atoms with Crippen molar-refractivity contribution in [3.05, 3.63) is 53.6 Å². The highest BCUT2D eigenvalue weighted by Gasteiger charge is 2.27. The zero-order valence-corrected chi connectivity index (χ0v) is 15.2. The summed E-state index contributed by atoms with van der Waals surface area (Å²) in [5.74, 6) is 1.30. The number of hydrogen-bond donors (Lipinski definition) is 0. The van der Waals surface area contributed by atoms with Crippen LogP contribution in [0.4, 0.5) is 0 Å². The zero-order chi connectivity index (χ0) is 18.5. The van der Waals surface area contributed by atoms with Crippen LogP contribution < -0.4 is 14.2 Å². The second-order valence-electron chi connectivity index (χ2n) is 5.94. The Bertz CT molecular complexity index is 737. The first-order chi connectivity index (χ1) is 12.7. The van der Waals surface area contributed by atoms with Crippen LogP contribution in [-0.2, 0) is 4.74 Å². The first-order valence-corrected chi connectivity index (χ1v) is 8.43. The van der Waals surface area contributed by atoms with Crippen molar-refractivity contribution in [1.82, 2.24) is 4.90 Å². The van der Waals surface area contributed by atoms with E-state index < -0.39 is 0 Å². The molecule has 0 spiro atoms. The monoisotopic (exact) mass is 357 g/mol. The second kappa shape index (κ2) is 8.10. The van der Waals surface area contributed by atoms with Crippen molar-refractivity contribution < 1.29 is 23.7 Å². The molecular weight excluding hydrogens is 334 g/mol. The number of morpholine rings is 1. The standard InChI is InChI=1S/C20H23NO5/c1-23-16-11-15(12-17(24-2)19(16)25-3)20(22)21-9-10-26-18(13-21)14-7-5-4-6-8-14/h4-8,11-12,18H,9-10,13H2,1-3H3. The van der Waals surface area contributed by atoms with Gasteiger partial charge in [-0.3, -0.25) is 4.79 Å². The lowest BCUT2D eigenvalue weighted by molar-refractivity contribution is -0.0228. The number of nitrogens with zero attached hydrogens (tertiary/aromatic N) is 1. The molecule has 1 heterocycles. The predicted octanol–water partition coefficient (Wildman–Crippen LogP) is 2.93. The quantitative estimate of drug-likeness (QED) is 0.823. The molecule has 1 aliphatic rings. The molecule has 138 valence electrons. The van der Waals surface area contributed by atoms with Gasteiger partial charge in [0.15, 0.2) is 11.5 Å². The second-order valence-corrected chi connectivity index (χ2v) is 5.94. The minimum absolute atomic E-state index is 0.0894. The van der Waals surface area contributed by atoms with Gasteiger partial charge in [0.25, 0.3) is 5.91 Å². The van der Waals surface area contributed by atoms with Gasteiger partial charge in [0, 0.05) is 12.1 Å². The van der Waals surface area contributed by atoms with Gasteiger partial charge in [-0.15, -0.1) is 0 Å². The van der Waals surface area contributed by atoms with Crippen LogP contribution in [0, 0.1) is 0 Å². The minimum atomic E-state index is -0.129. The molecule has 3 rings (SSSR count). The van der Waals surface area contributed by atoms with Gasteiger partial charge in [0.2, 0.25) is 5.75 Å². The van der Waals surface area contributed by atoms with Crippen molar-refractivity contribution >= 4 is 5.91 Å². The molecular formula is C20H23NO5. The number of carbonyl (C=O) groups is 1. The van der Waals surface area contributed by atoms with E-state index in [0.29, 0.717) is 42.5 Å². The van der Waals surface area contributed by atoms with E-state index in [2.05, 4.69) is 0 Å². The maximum absolute atomic E-state index is 13.0. The highest BCUT2D eigenvalue weighted by Crippen LogP contribution is 2.38. The SMILES string of the molecule is COc1cc(C(=O)N2CCOC(c3ccccc3)C2)cc(OC)c1OC. The Morgan fingerprint density at radius 1 is 1.04 bits per heavy atom. The van der Waals surface area contributed by atoms with Crippen molar-refractivity contribution in [2.75, 3.05) is 41.0 Å². The zero-order valence-electron chi connectivity index (χ0n) is 15.2. The summed E-state index contributed by atoms with van der Waals surface area (Å²) in [7, 11) is 4.60. The Morgan fingerprint density at radius 2 is 1.69 bits per heavy atom. The molecule has 1 saturated heterocycles. The van der Waals surface area contributed by atoms with Crippen molar-refractivity contribution in [3.8, 4) is 17.2 Å². The molecule has 1 amide bonds. The van der Waals surface area contributed by atoms with Gasteiger partial charge in [-0.25, -0.2) is 0 Å². The Kier molecular flexibility index (Phi) is 5.63. The Morgan fingerprint density at radius 3 is 2.27 bits per heavy atom. The maximum Gasteiger partial charge on any atom is 0.254 e. The number of ether oxygens (including phenoxy) is 4. The average molecular weight is 357 g/mol. The van der Waals surface area contributed by atoms with Gasteiger partial charge in [0.05, 0.1) is 34.5 Å². The fourth-order valence-corrected chi connectivity index (χ4v) is 3.09. The molecule has 6 heteroatoms. The molecule has 2 aromatic rings. The summed E-state index contributed by atoms with van der Waals surface area (Å²) in [6.45, 7) is 1.54. The van der Waals surface area contributed by atoms with E-state index in [1.807, 2.05) is 30.3 Å². The summed E-state index contributed by atoms with van der Waals surface area (Å²) in [5, 5.41) is 0. The Hall–Kier alpha value is -2.73. The predicted molar refractivity (Wildman–Crippen MR) is 97.1 cm³/mol. The van der Waals surface area contributed by atoms with Crippen molar-refractivity contribution in [3.63, 3.8) is 0 Å². The highest BCUT2D eigenvalue weighted by molar-refractivity contribution is 5.95. The Labute approximate surface area is 153 Å². The highest BCUT2D eigenvalue weighted by atomic mass is 16.5. The van der Waals surface area contributed by atoms with Crippen LogP contribution in [0.5, 0.6) is 17.2 Å². The number of amides is 1. The number of hydrogen-bond acceptors (Lipinski definition) is 5. The number of benzene rings is 2. The first-order valence-electron chi connectivity index (χ1n) is 8.43. The van der Waals surface area contributed by atoms with Crippen molar-refractivity contribution in [1.29, 1.82) is 0 Å². The Balaban J connectivity index is 1.84. The lowest BCUT2D eigenvalue weighted by Crippen LogP contribution is -2.42. The van der Waals surface area contributed by atoms with E-state index in [1.165, 1.54) is 21.3 Å². The lowest BCUT2D eigenvalue weighted by Gasteiger charge is -2.33. The molecule has 6 nitrogen and oxygen atoms in total. The summed E-state index contributed by atoms with van der Waals surface area (Å²) in [5.41, 5.74) is 1.56. The molecule has 0 radical (unpaired) electrons. The van der Waals surface area contributed by atoms with Gasteiger partial charge in [-0.05, 0) is 17.7 Å².